The molecule has 0 unspecified atom stereocenters. The lowest BCUT2D eigenvalue weighted by Gasteiger charge is -2.21. The molecule has 1 fully saturated rings. The number of rotatable bonds is 4. The van der Waals surface area contributed by atoms with E-state index < -0.39 is 0 Å². The van der Waals surface area contributed by atoms with Crippen molar-refractivity contribution >= 4 is 5.91 Å². The third-order valence-corrected chi connectivity index (χ3v) is 4.23. The predicted molar refractivity (Wildman–Crippen MR) is 89.8 cm³/mol. The van der Waals surface area contributed by atoms with E-state index in [-0.39, 0.29) is 5.91 Å². The minimum atomic E-state index is 0.0355. The lowest BCUT2D eigenvalue weighted by Crippen LogP contribution is -2.35. The Kier molecular flexibility index (Phi) is 5.10. The van der Waals surface area contributed by atoms with Crippen LogP contribution in [0.25, 0.3) is 0 Å². The Labute approximate surface area is 141 Å². The second kappa shape index (κ2) is 7.44. The highest BCUT2D eigenvalue weighted by Gasteiger charge is 2.20. The van der Waals surface area contributed by atoms with Crippen LogP contribution in [0.2, 0.25) is 0 Å². The van der Waals surface area contributed by atoms with Crippen molar-refractivity contribution in [3.05, 3.63) is 41.9 Å². The number of aryl methyl sites for hydroxylation is 1. The van der Waals surface area contributed by atoms with E-state index in [1.54, 1.807) is 25.4 Å². The van der Waals surface area contributed by atoms with Gasteiger partial charge in [0.05, 0.1) is 18.9 Å². The molecule has 0 aliphatic carbocycles. The molecule has 0 atom stereocenters. The van der Waals surface area contributed by atoms with Gasteiger partial charge in [-0.1, -0.05) is 0 Å². The number of nitrogens with zero attached hydrogens (tertiary/aromatic N) is 5. The summed E-state index contributed by atoms with van der Waals surface area (Å²) >= 11 is 0. The van der Waals surface area contributed by atoms with Crippen molar-refractivity contribution in [2.24, 2.45) is 7.05 Å². The second-order valence-electron chi connectivity index (χ2n) is 6.03. The van der Waals surface area contributed by atoms with E-state index in [0.29, 0.717) is 11.4 Å². The minimum Gasteiger partial charge on any atom is -0.481 e. The van der Waals surface area contributed by atoms with E-state index in [2.05, 4.69) is 15.0 Å². The fourth-order valence-corrected chi connectivity index (χ4v) is 2.95. The highest BCUT2D eigenvalue weighted by Crippen LogP contribution is 2.13. The first-order valence-corrected chi connectivity index (χ1v) is 8.15. The van der Waals surface area contributed by atoms with Crippen LogP contribution < -0.4 is 4.74 Å². The molecule has 1 aliphatic rings. The summed E-state index contributed by atoms with van der Waals surface area (Å²) in [5.74, 6) is 0.554. The monoisotopic (exact) mass is 329 g/mol. The quantitative estimate of drug-likeness (QED) is 0.843. The molecule has 7 heteroatoms. The molecule has 0 N–H and O–H groups in total. The molecule has 3 heterocycles. The van der Waals surface area contributed by atoms with E-state index in [0.717, 1.165) is 39.1 Å². The van der Waals surface area contributed by atoms with Gasteiger partial charge in [-0.3, -0.25) is 14.4 Å². The summed E-state index contributed by atoms with van der Waals surface area (Å²) < 4.78 is 6.86. The fraction of sp³-hybridized carbons (Fsp3) is 0.471. The Hall–Kier alpha value is -2.41. The first-order chi connectivity index (χ1) is 11.7. The Morgan fingerprint density at radius 3 is 2.75 bits per heavy atom. The number of aromatic nitrogens is 3. The van der Waals surface area contributed by atoms with E-state index >= 15 is 0 Å². The summed E-state index contributed by atoms with van der Waals surface area (Å²) in [4.78, 5) is 21.0. The molecular weight excluding hydrogens is 306 g/mol. The number of carbonyl (C=O) groups excluding carboxylic acids is 1. The summed E-state index contributed by atoms with van der Waals surface area (Å²) in [7, 11) is 3.49. The van der Waals surface area contributed by atoms with Gasteiger partial charge in [0.25, 0.3) is 5.91 Å². The van der Waals surface area contributed by atoms with E-state index in [9.17, 15) is 4.79 Å². The first kappa shape index (κ1) is 16.4. The van der Waals surface area contributed by atoms with Gasteiger partial charge in [-0.25, -0.2) is 4.98 Å². The van der Waals surface area contributed by atoms with Gasteiger partial charge in [0.1, 0.15) is 0 Å². The maximum atomic E-state index is 12.6. The Morgan fingerprint density at radius 1 is 1.21 bits per heavy atom. The van der Waals surface area contributed by atoms with Crippen molar-refractivity contribution in [3.63, 3.8) is 0 Å². The van der Waals surface area contributed by atoms with Crippen LogP contribution in [0.4, 0.5) is 0 Å². The van der Waals surface area contributed by atoms with Crippen molar-refractivity contribution in [2.45, 2.75) is 13.0 Å². The van der Waals surface area contributed by atoms with Crippen LogP contribution in [0.5, 0.6) is 5.88 Å². The number of amides is 1. The lowest BCUT2D eigenvalue weighted by atomic mass is 10.2. The van der Waals surface area contributed by atoms with Gasteiger partial charge in [0.15, 0.2) is 0 Å². The molecule has 0 bridgehead atoms. The molecule has 1 amide bonds. The largest absolute Gasteiger partial charge is 0.481 e. The summed E-state index contributed by atoms with van der Waals surface area (Å²) in [5.41, 5.74) is 1.81. The molecule has 3 rings (SSSR count). The molecule has 1 saturated heterocycles. The first-order valence-electron chi connectivity index (χ1n) is 8.15. The van der Waals surface area contributed by atoms with Crippen molar-refractivity contribution in [1.29, 1.82) is 0 Å². The van der Waals surface area contributed by atoms with Crippen LogP contribution in [0.3, 0.4) is 0 Å². The summed E-state index contributed by atoms with van der Waals surface area (Å²) in [5, 5.41) is 4.21. The zero-order valence-electron chi connectivity index (χ0n) is 14.2. The number of carbonyl (C=O) groups is 1. The van der Waals surface area contributed by atoms with E-state index in [1.807, 2.05) is 29.0 Å². The second-order valence-corrected chi connectivity index (χ2v) is 6.03. The molecule has 0 aromatic carbocycles. The van der Waals surface area contributed by atoms with Gasteiger partial charge in [0, 0.05) is 63.8 Å². The Morgan fingerprint density at radius 2 is 2.08 bits per heavy atom. The number of methoxy groups -OCH3 is 1. The molecule has 0 saturated carbocycles. The average Bonchev–Trinajstić information content (AvgIpc) is 2.87. The summed E-state index contributed by atoms with van der Waals surface area (Å²) in [6, 6.07) is 3.49. The molecule has 128 valence electrons. The highest BCUT2D eigenvalue weighted by atomic mass is 16.5. The van der Waals surface area contributed by atoms with Crippen LogP contribution in [0.15, 0.2) is 30.7 Å². The van der Waals surface area contributed by atoms with Crippen LogP contribution in [0.1, 0.15) is 22.3 Å². The predicted octanol–water partition coefficient (Wildman–Crippen LogP) is 1.17. The molecule has 0 spiro atoms. The molecular formula is C17H23N5O2. The van der Waals surface area contributed by atoms with E-state index in [4.69, 9.17) is 4.74 Å². The van der Waals surface area contributed by atoms with Gasteiger partial charge in [-0.05, 0) is 12.5 Å². The molecule has 1 aliphatic heterocycles. The van der Waals surface area contributed by atoms with Crippen LogP contribution in [-0.2, 0) is 13.6 Å². The highest BCUT2D eigenvalue weighted by molar-refractivity contribution is 5.94. The minimum absolute atomic E-state index is 0.0355. The number of ether oxygens (including phenoxy) is 1. The van der Waals surface area contributed by atoms with Crippen molar-refractivity contribution in [2.75, 3.05) is 33.3 Å². The van der Waals surface area contributed by atoms with Crippen molar-refractivity contribution in [3.8, 4) is 5.88 Å². The standard InChI is InChI=1S/C17H23N5O2/c1-20-12-14(10-19-20)13-21-6-3-7-22(9-8-21)17(23)15-4-5-16(24-2)18-11-15/h4-5,10-12H,3,6-9,13H2,1-2H3. The zero-order valence-corrected chi connectivity index (χ0v) is 14.2. The summed E-state index contributed by atoms with van der Waals surface area (Å²) in [6.45, 7) is 4.23. The van der Waals surface area contributed by atoms with Gasteiger partial charge in [-0.2, -0.15) is 5.10 Å². The number of hydrogen-bond acceptors (Lipinski definition) is 5. The SMILES string of the molecule is COc1ccc(C(=O)N2CCCN(Cc3cnn(C)c3)CC2)cn1. The molecule has 2 aromatic heterocycles. The Bertz CT molecular complexity index is 683. The maximum Gasteiger partial charge on any atom is 0.255 e. The van der Waals surface area contributed by atoms with Crippen molar-refractivity contribution < 1.29 is 9.53 Å². The maximum absolute atomic E-state index is 12.6. The van der Waals surface area contributed by atoms with Gasteiger partial charge in [-0.15, -0.1) is 0 Å². The van der Waals surface area contributed by atoms with Gasteiger partial charge < -0.3 is 9.64 Å². The number of pyridine rings is 1. The summed E-state index contributed by atoms with van der Waals surface area (Å²) in [6.07, 6.45) is 6.49. The number of hydrogen-bond donors (Lipinski definition) is 0. The van der Waals surface area contributed by atoms with Gasteiger partial charge >= 0.3 is 0 Å². The van der Waals surface area contributed by atoms with Crippen molar-refractivity contribution in [1.82, 2.24) is 24.6 Å². The van der Waals surface area contributed by atoms with Crippen LogP contribution in [-0.4, -0.2) is 63.8 Å². The zero-order chi connectivity index (χ0) is 16.9. The lowest BCUT2D eigenvalue weighted by molar-refractivity contribution is 0.0760. The Balaban J connectivity index is 1.58. The third kappa shape index (κ3) is 3.91. The third-order valence-electron chi connectivity index (χ3n) is 4.23. The topological polar surface area (TPSA) is 63.5 Å². The van der Waals surface area contributed by atoms with Gasteiger partial charge in [0.2, 0.25) is 5.88 Å². The van der Waals surface area contributed by atoms with Crippen LogP contribution in [0, 0.1) is 0 Å². The molecule has 24 heavy (non-hydrogen) atoms. The smallest absolute Gasteiger partial charge is 0.255 e. The molecule has 2 aromatic rings. The average molecular weight is 329 g/mol. The molecule has 0 radical (unpaired) electrons. The fourth-order valence-electron chi connectivity index (χ4n) is 2.95. The molecule has 7 nitrogen and oxygen atoms in total. The normalized spacial score (nSPS) is 16.0. The van der Waals surface area contributed by atoms with E-state index in [1.165, 1.54) is 5.56 Å². The van der Waals surface area contributed by atoms with Crippen LogP contribution >= 0.6 is 0 Å².